The highest BCUT2D eigenvalue weighted by atomic mass is 16.1. The minimum Gasteiger partial charge on any atom is -0.378 e. The SMILES string of the molecule is CN(C)c1ccc(CCNC(=O)Cn2cnc3ncncc32)cc1. The molecule has 0 unspecified atom stereocenters. The van der Waals surface area contributed by atoms with Crippen LogP contribution in [-0.4, -0.2) is 46.1 Å². The van der Waals surface area contributed by atoms with Gasteiger partial charge in [0.2, 0.25) is 5.91 Å². The first-order chi connectivity index (χ1) is 11.6. The molecule has 0 aliphatic rings. The minimum absolute atomic E-state index is 0.0527. The minimum atomic E-state index is -0.0527. The monoisotopic (exact) mass is 324 g/mol. The third kappa shape index (κ3) is 3.68. The van der Waals surface area contributed by atoms with E-state index >= 15 is 0 Å². The summed E-state index contributed by atoms with van der Waals surface area (Å²) < 4.78 is 1.75. The number of imidazole rings is 1. The number of aromatic nitrogens is 4. The Morgan fingerprint density at radius 1 is 1.21 bits per heavy atom. The summed E-state index contributed by atoms with van der Waals surface area (Å²) in [7, 11) is 4.03. The summed E-state index contributed by atoms with van der Waals surface area (Å²) in [6, 6.07) is 8.33. The van der Waals surface area contributed by atoms with Crippen molar-refractivity contribution in [2.75, 3.05) is 25.5 Å². The second-order valence-electron chi connectivity index (χ2n) is 5.76. The number of hydrogen-bond donors (Lipinski definition) is 1. The van der Waals surface area contributed by atoms with E-state index in [1.807, 2.05) is 14.1 Å². The lowest BCUT2D eigenvalue weighted by molar-refractivity contribution is -0.121. The second-order valence-corrected chi connectivity index (χ2v) is 5.76. The van der Waals surface area contributed by atoms with Gasteiger partial charge in [-0.15, -0.1) is 0 Å². The number of nitrogens with zero attached hydrogens (tertiary/aromatic N) is 5. The molecule has 0 aliphatic heterocycles. The number of hydrogen-bond acceptors (Lipinski definition) is 5. The van der Waals surface area contributed by atoms with Gasteiger partial charge in [0.25, 0.3) is 0 Å². The smallest absolute Gasteiger partial charge is 0.240 e. The van der Waals surface area contributed by atoms with E-state index in [-0.39, 0.29) is 12.5 Å². The van der Waals surface area contributed by atoms with Crippen LogP contribution in [0.1, 0.15) is 5.56 Å². The van der Waals surface area contributed by atoms with Crippen molar-refractivity contribution in [2.24, 2.45) is 0 Å². The van der Waals surface area contributed by atoms with E-state index in [4.69, 9.17) is 0 Å². The molecule has 7 nitrogen and oxygen atoms in total. The Bertz CT molecular complexity index is 824. The second kappa shape index (κ2) is 7.08. The van der Waals surface area contributed by atoms with E-state index in [1.165, 1.54) is 11.9 Å². The van der Waals surface area contributed by atoms with Gasteiger partial charge in [0.15, 0.2) is 5.65 Å². The zero-order chi connectivity index (χ0) is 16.9. The quantitative estimate of drug-likeness (QED) is 0.738. The fraction of sp³-hybridized carbons (Fsp3) is 0.294. The van der Waals surface area contributed by atoms with Crippen molar-refractivity contribution in [3.63, 3.8) is 0 Å². The molecule has 0 spiro atoms. The molecule has 2 aromatic heterocycles. The van der Waals surface area contributed by atoms with Crippen molar-refractivity contribution in [1.29, 1.82) is 0 Å². The molecule has 1 N–H and O–H groups in total. The van der Waals surface area contributed by atoms with E-state index in [1.54, 1.807) is 17.1 Å². The van der Waals surface area contributed by atoms with Crippen LogP contribution in [0.4, 0.5) is 5.69 Å². The fourth-order valence-electron chi connectivity index (χ4n) is 2.45. The predicted molar refractivity (Wildman–Crippen MR) is 92.8 cm³/mol. The first-order valence-corrected chi connectivity index (χ1v) is 7.77. The lowest BCUT2D eigenvalue weighted by Crippen LogP contribution is -2.29. The maximum absolute atomic E-state index is 12.1. The molecule has 1 aromatic carbocycles. The van der Waals surface area contributed by atoms with Crippen molar-refractivity contribution >= 4 is 22.8 Å². The van der Waals surface area contributed by atoms with Crippen LogP contribution in [0.3, 0.4) is 0 Å². The molecule has 0 saturated carbocycles. The Kier molecular flexibility index (Phi) is 4.69. The highest BCUT2D eigenvalue weighted by Crippen LogP contribution is 2.12. The van der Waals surface area contributed by atoms with Gasteiger partial charge in [-0.05, 0) is 24.1 Å². The maximum Gasteiger partial charge on any atom is 0.240 e. The Hall–Kier alpha value is -2.96. The third-order valence-corrected chi connectivity index (χ3v) is 3.80. The van der Waals surface area contributed by atoms with E-state index in [0.29, 0.717) is 12.2 Å². The summed E-state index contributed by atoms with van der Waals surface area (Å²) in [5.74, 6) is -0.0527. The summed E-state index contributed by atoms with van der Waals surface area (Å²) in [4.78, 5) is 26.3. The number of carbonyl (C=O) groups excluding carboxylic acids is 1. The highest BCUT2D eigenvalue weighted by molar-refractivity contribution is 5.78. The molecule has 0 radical (unpaired) electrons. The number of benzene rings is 1. The first-order valence-electron chi connectivity index (χ1n) is 7.77. The average Bonchev–Trinajstić information content (AvgIpc) is 2.98. The van der Waals surface area contributed by atoms with Crippen LogP contribution in [0.5, 0.6) is 0 Å². The molecule has 1 amide bonds. The number of anilines is 1. The number of nitrogens with one attached hydrogen (secondary N) is 1. The largest absolute Gasteiger partial charge is 0.378 e. The van der Waals surface area contributed by atoms with Gasteiger partial charge in [-0.25, -0.2) is 15.0 Å². The summed E-state index contributed by atoms with van der Waals surface area (Å²) in [6.07, 6.45) is 5.52. The Balaban J connectivity index is 1.50. The van der Waals surface area contributed by atoms with Gasteiger partial charge >= 0.3 is 0 Å². The number of fused-ring (bicyclic) bond motifs is 1. The van der Waals surface area contributed by atoms with Crippen LogP contribution < -0.4 is 10.2 Å². The molecule has 0 aliphatic carbocycles. The highest BCUT2D eigenvalue weighted by Gasteiger charge is 2.07. The van der Waals surface area contributed by atoms with Crippen LogP contribution in [-0.2, 0) is 17.8 Å². The molecule has 0 saturated heterocycles. The van der Waals surface area contributed by atoms with Crippen molar-refractivity contribution in [1.82, 2.24) is 24.8 Å². The Morgan fingerprint density at radius 2 is 2.00 bits per heavy atom. The molecular weight excluding hydrogens is 304 g/mol. The van der Waals surface area contributed by atoms with E-state index in [9.17, 15) is 4.79 Å². The van der Waals surface area contributed by atoms with Crippen LogP contribution in [0, 0.1) is 0 Å². The van der Waals surface area contributed by atoms with Crippen LogP contribution in [0.2, 0.25) is 0 Å². The van der Waals surface area contributed by atoms with E-state index in [0.717, 1.165) is 17.6 Å². The zero-order valence-corrected chi connectivity index (χ0v) is 13.8. The van der Waals surface area contributed by atoms with Crippen molar-refractivity contribution < 1.29 is 4.79 Å². The molecule has 2 heterocycles. The number of rotatable bonds is 6. The molecule has 3 rings (SSSR count). The van der Waals surface area contributed by atoms with Crippen molar-refractivity contribution in [2.45, 2.75) is 13.0 Å². The first kappa shape index (κ1) is 15.9. The lowest BCUT2D eigenvalue weighted by Gasteiger charge is -2.12. The van der Waals surface area contributed by atoms with E-state index in [2.05, 4.69) is 49.4 Å². The maximum atomic E-state index is 12.1. The van der Waals surface area contributed by atoms with E-state index < -0.39 is 0 Å². The van der Waals surface area contributed by atoms with Crippen molar-refractivity contribution in [3.8, 4) is 0 Å². The Labute approximate surface area is 140 Å². The summed E-state index contributed by atoms with van der Waals surface area (Å²) in [6.45, 7) is 0.812. The normalized spacial score (nSPS) is 10.8. The number of carbonyl (C=O) groups is 1. The molecule has 0 fully saturated rings. The van der Waals surface area contributed by atoms with Crippen LogP contribution in [0.15, 0.2) is 43.1 Å². The molecule has 0 atom stereocenters. The average molecular weight is 324 g/mol. The van der Waals surface area contributed by atoms with Gasteiger partial charge in [0, 0.05) is 26.3 Å². The van der Waals surface area contributed by atoms with Gasteiger partial charge in [0.05, 0.1) is 12.5 Å². The van der Waals surface area contributed by atoms with Gasteiger partial charge < -0.3 is 14.8 Å². The van der Waals surface area contributed by atoms with Gasteiger partial charge in [-0.2, -0.15) is 0 Å². The Morgan fingerprint density at radius 3 is 2.75 bits per heavy atom. The fourth-order valence-corrected chi connectivity index (χ4v) is 2.45. The molecule has 0 bridgehead atoms. The van der Waals surface area contributed by atoms with Gasteiger partial charge in [0.1, 0.15) is 18.4 Å². The standard InChI is InChI=1S/C17H20N6O/c1-22(2)14-5-3-13(4-6-14)7-8-19-16(24)10-23-12-21-17-15(23)9-18-11-20-17/h3-6,9,11-12H,7-8,10H2,1-2H3,(H,19,24). The van der Waals surface area contributed by atoms with Crippen LogP contribution >= 0.6 is 0 Å². The molecule has 24 heavy (non-hydrogen) atoms. The topological polar surface area (TPSA) is 75.9 Å². The van der Waals surface area contributed by atoms with Gasteiger partial charge in [-0.3, -0.25) is 4.79 Å². The van der Waals surface area contributed by atoms with Crippen LogP contribution in [0.25, 0.3) is 11.2 Å². The molecule has 124 valence electrons. The lowest BCUT2D eigenvalue weighted by atomic mass is 10.1. The summed E-state index contributed by atoms with van der Waals surface area (Å²) in [5, 5.41) is 2.93. The summed E-state index contributed by atoms with van der Waals surface area (Å²) in [5.41, 5.74) is 3.71. The van der Waals surface area contributed by atoms with Crippen molar-refractivity contribution in [3.05, 3.63) is 48.7 Å². The van der Waals surface area contributed by atoms with Gasteiger partial charge in [-0.1, -0.05) is 12.1 Å². The predicted octanol–water partition coefficient (Wildman–Crippen LogP) is 1.25. The number of amides is 1. The third-order valence-electron chi connectivity index (χ3n) is 3.80. The molecule has 7 heteroatoms. The zero-order valence-electron chi connectivity index (χ0n) is 13.8. The molecular formula is C17H20N6O. The summed E-state index contributed by atoms with van der Waals surface area (Å²) >= 11 is 0. The molecule has 3 aromatic rings.